The zero-order chi connectivity index (χ0) is 24.0. The van der Waals surface area contributed by atoms with Crippen molar-refractivity contribution >= 4 is 43.9 Å². The van der Waals surface area contributed by atoms with Crippen LogP contribution in [0.15, 0.2) is 106 Å². The summed E-state index contributed by atoms with van der Waals surface area (Å²) in [7, 11) is 0. The highest BCUT2D eigenvalue weighted by atomic mass is 16.3. The fraction of sp³-hybridized carbons (Fsp3) is 0.0588. The molecule has 0 N–H and O–H groups in total. The van der Waals surface area contributed by atoms with Gasteiger partial charge in [-0.15, -0.1) is 0 Å². The summed E-state index contributed by atoms with van der Waals surface area (Å²) in [4.78, 5) is 0. The highest BCUT2D eigenvalue weighted by Gasteiger charge is 2.25. The van der Waals surface area contributed by atoms with Crippen molar-refractivity contribution in [3.05, 3.63) is 108 Å². The summed E-state index contributed by atoms with van der Waals surface area (Å²) < 4.78 is 13.2. The number of benzene rings is 6. The largest absolute Gasteiger partial charge is 0.456 e. The maximum absolute atomic E-state index is 6.62. The van der Waals surface area contributed by atoms with Crippen molar-refractivity contribution in [3.63, 3.8) is 0 Å². The van der Waals surface area contributed by atoms with Gasteiger partial charge in [-0.25, -0.2) is 0 Å². The van der Waals surface area contributed by atoms with Crippen molar-refractivity contribution in [1.29, 1.82) is 0 Å². The molecule has 0 saturated carbocycles. The van der Waals surface area contributed by atoms with Crippen LogP contribution in [0.3, 0.4) is 0 Å². The summed E-state index contributed by atoms with van der Waals surface area (Å²) in [5.74, 6) is 0. The van der Waals surface area contributed by atoms with E-state index < -0.39 is 0 Å². The number of hydrogen-bond donors (Lipinski definition) is 0. The van der Waals surface area contributed by atoms with Crippen LogP contribution >= 0.6 is 0 Å². The minimum Gasteiger partial charge on any atom is -0.456 e. The monoisotopic (exact) mass is 462 g/mol. The first kappa shape index (κ1) is 19.7. The third-order valence-electron chi connectivity index (χ3n) is 7.69. The Morgan fingerprint density at radius 3 is 1.33 bits per heavy atom. The Hall–Kier alpha value is -4.56. The first-order valence-corrected chi connectivity index (χ1v) is 12.4. The van der Waals surface area contributed by atoms with E-state index in [9.17, 15) is 0 Å². The lowest BCUT2D eigenvalue weighted by Gasteiger charge is -2.21. The van der Waals surface area contributed by atoms with Crippen LogP contribution in [0.5, 0.6) is 0 Å². The van der Waals surface area contributed by atoms with Crippen molar-refractivity contribution in [2.24, 2.45) is 0 Å². The number of rotatable bonds is 2. The van der Waals surface area contributed by atoms with Crippen LogP contribution in [0.2, 0.25) is 0 Å². The summed E-state index contributed by atoms with van der Waals surface area (Å²) in [5.41, 5.74) is 13.1. The predicted molar refractivity (Wildman–Crippen MR) is 149 cm³/mol. The SMILES string of the molecule is Cc1ccccc1-c1cc2ccc3oc4cc(-c5ccccc5C)cc5ccc6oc(c1)c2c3-c6c54. The highest BCUT2D eigenvalue weighted by molar-refractivity contribution is 6.24. The molecule has 0 aromatic heterocycles. The van der Waals surface area contributed by atoms with Crippen molar-refractivity contribution in [2.75, 3.05) is 0 Å². The molecule has 6 aromatic carbocycles. The Labute approximate surface area is 208 Å². The molecule has 0 fully saturated rings. The first-order valence-electron chi connectivity index (χ1n) is 12.4. The topological polar surface area (TPSA) is 26.3 Å². The van der Waals surface area contributed by atoms with Crippen LogP contribution in [-0.4, -0.2) is 0 Å². The van der Waals surface area contributed by atoms with Crippen LogP contribution < -0.4 is 0 Å². The molecule has 0 aliphatic carbocycles. The van der Waals surface area contributed by atoms with E-state index in [0.29, 0.717) is 0 Å². The standard InChI is InChI=1S/C34H22O2/c1-19-7-3-5-9-25(19)23-15-21-11-13-28-33-31(21)29(17-23)35-27-14-12-22-16-24(26-10-6-4-8-20(26)2)18-30(36-28)32(22)34(27)33/h3-18H,1-2H3. The lowest BCUT2D eigenvalue weighted by Crippen LogP contribution is -1.95. The Morgan fingerprint density at radius 2 is 0.889 bits per heavy atom. The molecule has 0 atom stereocenters. The lowest BCUT2D eigenvalue weighted by molar-refractivity contribution is 0.646. The molecule has 2 heteroatoms. The Kier molecular flexibility index (Phi) is 3.83. The van der Waals surface area contributed by atoms with Gasteiger partial charge in [-0.2, -0.15) is 0 Å². The van der Waals surface area contributed by atoms with E-state index >= 15 is 0 Å². The van der Waals surface area contributed by atoms with Gasteiger partial charge in [0.05, 0.1) is 0 Å². The summed E-state index contributed by atoms with van der Waals surface area (Å²) >= 11 is 0. The quantitative estimate of drug-likeness (QED) is 0.189. The van der Waals surface area contributed by atoms with Crippen LogP contribution in [0.4, 0.5) is 0 Å². The number of aryl methyl sites for hydroxylation is 2. The maximum Gasteiger partial charge on any atom is 0.136 e. The minimum atomic E-state index is 0.887. The molecule has 8 rings (SSSR count). The molecular weight excluding hydrogens is 440 g/mol. The molecule has 2 aliphatic rings. The van der Waals surface area contributed by atoms with E-state index in [0.717, 1.165) is 55.0 Å². The molecule has 0 bridgehead atoms. The third-order valence-corrected chi connectivity index (χ3v) is 7.69. The van der Waals surface area contributed by atoms with Crippen LogP contribution in [-0.2, 0) is 0 Å². The van der Waals surface area contributed by atoms with E-state index in [4.69, 9.17) is 8.83 Å². The Balaban J connectivity index is 1.48. The molecule has 36 heavy (non-hydrogen) atoms. The van der Waals surface area contributed by atoms with E-state index in [-0.39, 0.29) is 0 Å². The molecule has 0 saturated heterocycles. The molecule has 2 nitrogen and oxygen atoms in total. The zero-order valence-corrected chi connectivity index (χ0v) is 20.1. The van der Waals surface area contributed by atoms with Crippen molar-refractivity contribution in [2.45, 2.75) is 13.8 Å². The van der Waals surface area contributed by atoms with Crippen LogP contribution in [0.25, 0.3) is 77.3 Å². The highest BCUT2D eigenvalue weighted by Crippen LogP contribution is 2.49. The summed E-state index contributed by atoms with van der Waals surface area (Å²) in [6.07, 6.45) is 0. The molecule has 0 radical (unpaired) electrons. The van der Waals surface area contributed by atoms with Gasteiger partial charge in [0.25, 0.3) is 0 Å². The van der Waals surface area contributed by atoms with Gasteiger partial charge in [0.2, 0.25) is 0 Å². The van der Waals surface area contributed by atoms with Gasteiger partial charge in [-0.3, -0.25) is 0 Å². The fourth-order valence-electron chi connectivity index (χ4n) is 5.99. The zero-order valence-electron chi connectivity index (χ0n) is 20.1. The van der Waals surface area contributed by atoms with Crippen molar-refractivity contribution in [1.82, 2.24) is 0 Å². The van der Waals surface area contributed by atoms with Gasteiger partial charge >= 0.3 is 0 Å². The molecular formula is C34H22O2. The average molecular weight is 463 g/mol. The van der Waals surface area contributed by atoms with Crippen molar-refractivity contribution < 1.29 is 8.83 Å². The fourth-order valence-corrected chi connectivity index (χ4v) is 5.99. The van der Waals surface area contributed by atoms with Crippen LogP contribution in [0.1, 0.15) is 11.1 Å². The third kappa shape index (κ3) is 2.61. The smallest absolute Gasteiger partial charge is 0.136 e. The van der Waals surface area contributed by atoms with Crippen LogP contribution in [0, 0.1) is 13.8 Å². The molecule has 2 heterocycles. The van der Waals surface area contributed by atoms with Gasteiger partial charge < -0.3 is 8.83 Å². The summed E-state index contributed by atoms with van der Waals surface area (Å²) in [6.45, 7) is 4.31. The van der Waals surface area contributed by atoms with Gasteiger partial charge in [0.15, 0.2) is 0 Å². The second-order valence-electron chi connectivity index (χ2n) is 9.86. The Bertz CT molecular complexity index is 1920. The van der Waals surface area contributed by atoms with E-state index in [1.54, 1.807) is 0 Å². The van der Waals surface area contributed by atoms with E-state index in [2.05, 4.69) is 111 Å². The normalized spacial score (nSPS) is 12.2. The summed E-state index contributed by atoms with van der Waals surface area (Å²) in [5, 5.41) is 4.57. The molecule has 0 unspecified atom stereocenters. The predicted octanol–water partition coefficient (Wildman–Crippen LogP) is 9.98. The van der Waals surface area contributed by atoms with Gasteiger partial charge in [-0.1, -0.05) is 60.7 Å². The second-order valence-corrected chi connectivity index (χ2v) is 9.86. The molecule has 6 aromatic rings. The average Bonchev–Trinajstić information content (AvgIpc) is 2.90. The van der Waals surface area contributed by atoms with E-state index in [1.165, 1.54) is 33.4 Å². The summed E-state index contributed by atoms with van der Waals surface area (Å²) in [6, 6.07) is 34.4. The second kappa shape index (κ2) is 6.99. The molecule has 0 amide bonds. The number of hydrogen-bond acceptors (Lipinski definition) is 2. The van der Waals surface area contributed by atoms with Gasteiger partial charge in [0.1, 0.15) is 22.3 Å². The first-order chi connectivity index (χ1) is 17.7. The molecule has 0 spiro atoms. The van der Waals surface area contributed by atoms with Gasteiger partial charge in [0, 0.05) is 21.9 Å². The maximum atomic E-state index is 6.62. The molecule has 170 valence electrons. The van der Waals surface area contributed by atoms with Crippen molar-refractivity contribution in [3.8, 4) is 33.4 Å². The van der Waals surface area contributed by atoms with E-state index in [1.807, 2.05) is 0 Å². The minimum absolute atomic E-state index is 0.887. The van der Waals surface area contributed by atoms with Gasteiger partial charge in [-0.05, 0) is 94.4 Å². The Morgan fingerprint density at radius 1 is 0.444 bits per heavy atom. The lowest BCUT2D eigenvalue weighted by atomic mass is 9.87. The molecule has 2 aliphatic heterocycles.